The number of nitrogens with zero attached hydrogens (tertiary/aromatic N) is 2. The normalized spacial score (nSPS) is 16.7. The molecule has 0 spiro atoms. The van der Waals surface area contributed by atoms with Gasteiger partial charge in [0.1, 0.15) is 5.75 Å². The molecule has 0 aliphatic carbocycles. The van der Waals surface area contributed by atoms with Crippen LogP contribution in [0.1, 0.15) is 23.6 Å². The molecule has 29 heavy (non-hydrogen) atoms. The van der Waals surface area contributed by atoms with E-state index in [0.717, 1.165) is 22.4 Å². The minimum absolute atomic E-state index is 0.0596. The Labute approximate surface area is 174 Å². The lowest BCUT2D eigenvalue weighted by Gasteiger charge is -2.12. The first-order valence-electron chi connectivity index (χ1n) is 9.26. The van der Waals surface area contributed by atoms with E-state index in [1.807, 2.05) is 57.2 Å². The highest BCUT2D eigenvalue weighted by molar-refractivity contribution is 8.18. The molecule has 1 aliphatic rings. The molecular formula is C22H23N3O3S. The number of benzene rings is 2. The van der Waals surface area contributed by atoms with Crippen LogP contribution in [-0.2, 0) is 9.59 Å². The van der Waals surface area contributed by atoms with E-state index < -0.39 is 5.91 Å². The molecule has 1 fully saturated rings. The second-order valence-corrected chi connectivity index (χ2v) is 7.68. The fraction of sp³-hybridized carbons (Fsp3) is 0.227. The van der Waals surface area contributed by atoms with Crippen LogP contribution in [0.15, 0.2) is 52.4 Å². The van der Waals surface area contributed by atoms with E-state index in [9.17, 15) is 9.59 Å². The van der Waals surface area contributed by atoms with Gasteiger partial charge in [0.15, 0.2) is 11.8 Å². The molecule has 2 amide bonds. The molecule has 2 aromatic rings. The van der Waals surface area contributed by atoms with Gasteiger partial charge in [-0.15, -0.1) is 0 Å². The van der Waals surface area contributed by atoms with Crippen molar-refractivity contribution in [3.8, 4) is 5.75 Å². The van der Waals surface area contributed by atoms with Gasteiger partial charge < -0.3 is 10.5 Å². The molecule has 3 rings (SSSR count). The smallest absolute Gasteiger partial charge is 0.266 e. The quantitative estimate of drug-likeness (QED) is 0.736. The molecule has 1 saturated heterocycles. The number of ether oxygens (including phenoxy) is 1. The first-order chi connectivity index (χ1) is 13.9. The molecule has 0 saturated carbocycles. The van der Waals surface area contributed by atoms with Crippen LogP contribution >= 0.6 is 11.8 Å². The van der Waals surface area contributed by atoms with Gasteiger partial charge in [0, 0.05) is 6.54 Å². The Bertz CT molecular complexity index is 997. The van der Waals surface area contributed by atoms with Crippen LogP contribution in [0.2, 0.25) is 0 Å². The summed E-state index contributed by atoms with van der Waals surface area (Å²) in [5.41, 5.74) is 9.00. The highest BCUT2D eigenvalue weighted by Gasteiger charge is 2.32. The minimum Gasteiger partial charge on any atom is -0.484 e. The molecule has 0 aromatic heterocycles. The first kappa shape index (κ1) is 20.7. The van der Waals surface area contributed by atoms with Crippen LogP contribution in [0.25, 0.3) is 6.08 Å². The number of carbonyl (C=O) groups is 2. The average molecular weight is 410 g/mol. The van der Waals surface area contributed by atoms with E-state index in [1.54, 1.807) is 17.0 Å². The van der Waals surface area contributed by atoms with E-state index in [1.165, 1.54) is 11.8 Å². The van der Waals surface area contributed by atoms with Crippen LogP contribution in [0.3, 0.4) is 0 Å². The molecule has 0 bridgehead atoms. The Balaban J connectivity index is 1.84. The van der Waals surface area contributed by atoms with Crippen molar-refractivity contribution >= 4 is 40.5 Å². The van der Waals surface area contributed by atoms with Crippen molar-refractivity contribution in [3.63, 3.8) is 0 Å². The van der Waals surface area contributed by atoms with Crippen molar-refractivity contribution in [1.29, 1.82) is 0 Å². The van der Waals surface area contributed by atoms with Crippen molar-refractivity contribution in [3.05, 3.63) is 64.1 Å². The Morgan fingerprint density at radius 3 is 2.59 bits per heavy atom. The maximum atomic E-state index is 12.8. The number of nitrogens with two attached hydrogens (primary N) is 1. The summed E-state index contributed by atoms with van der Waals surface area (Å²) in [7, 11) is 0. The lowest BCUT2D eigenvalue weighted by Crippen LogP contribution is -2.28. The van der Waals surface area contributed by atoms with Crippen molar-refractivity contribution < 1.29 is 14.3 Å². The summed E-state index contributed by atoms with van der Waals surface area (Å²) in [6.07, 6.45) is 1.83. The van der Waals surface area contributed by atoms with Gasteiger partial charge in [-0.2, -0.15) is 0 Å². The molecular weight excluding hydrogens is 386 g/mol. The Morgan fingerprint density at radius 1 is 1.21 bits per heavy atom. The number of primary amides is 1. The lowest BCUT2D eigenvalue weighted by molar-refractivity contribution is -0.122. The fourth-order valence-corrected chi connectivity index (χ4v) is 3.83. The number of thioether (sulfide) groups is 1. The third-order valence-electron chi connectivity index (χ3n) is 4.34. The first-order valence-corrected chi connectivity index (χ1v) is 10.1. The third kappa shape index (κ3) is 5.06. The highest BCUT2D eigenvalue weighted by Crippen LogP contribution is 2.35. The Morgan fingerprint density at radius 2 is 1.93 bits per heavy atom. The van der Waals surface area contributed by atoms with Crippen LogP contribution in [0.5, 0.6) is 5.75 Å². The second kappa shape index (κ2) is 8.96. The van der Waals surface area contributed by atoms with Gasteiger partial charge in [0.05, 0.1) is 10.6 Å². The molecule has 7 heteroatoms. The van der Waals surface area contributed by atoms with Gasteiger partial charge in [-0.25, -0.2) is 4.99 Å². The van der Waals surface area contributed by atoms with E-state index in [2.05, 4.69) is 0 Å². The van der Waals surface area contributed by atoms with Crippen molar-refractivity contribution in [2.45, 2.75) is 20.8 Å². The number of rotatable bonds is 6. The molecule has 0 atom stereocenters. The number of hydrogen-bond donors (Lipinski definition) is 1. The van der Waals surface area contributed by atoms with Crippen molar-refractivity contribution in [2.24, 2.45) is 10.7 Å². The zero-order valence-corrected chi connectivity index (χ0v) is 17.5. The molecule has 0 unspecified atom stereocenters. The maximum Gasteiger partial charge on any atom is 0.266 e. The van der Waals surface area contributed by atoms with Crippen molar-refractivity contribution in [1.82, 2.24) is 4.90 Å². The SMILES string of the molecule is CCN1C(=O)/C(=C\c2ccc(OCC(N)=O)cc2)SC1=Nc1cc(C)ccc1C. The van der Waals surface area contributed by atoms with Crippen LogP contribution < -0.4 is 10.5 Å². The molecule has 2 aromatic carbocycles. The summed E-state index contributed by atoms with van der Waals surface area (Å²) in [6.45, 7) is 6.35. The summed E-state index contributed by atoms with van der Waals surface area (Å²) >= 11 is 1.37. The van der Waals surface area contributed by atoms with Crippen molar-refractivity contribution in [2.75, 3.05) is 13.2 Å². The number of aryl methyl sites for hydroxylation is 2. The monoisotopic (exact) mass is 409 g/mol. The zero-order valence-electron chi connectivity index (χ0n) is 16.6. The summed E-state index contributed by atoms with van der Waals surface area (Å²) in [5, 5.41) is 0.680. The Hall–Kier alpha value is -3.06. The van der Waals surface area contributed by atoms with E-state index in [4.69, 9.17) is 15.5 Å². The van der Waals surface area contributed by atoms with Gasteiger partial charge in [-0.3, -0.25) is 14.5 Å². The summed E-state index contributed by atoms with van der Waals surface area (Å²) in [6, 6.07) is 13.2. The molecule has 0 radical (unpaired) electrons. The van der Waals surface area contributed by atoms with Gasteiger partial charge >= 0.3 is 0 Å². The zero-order chi connectivity index (χ0) is 21.0. The summed E-state index contributed by atoms with van der Waals surface area (Å²) in [5.74, 6) is -0.0428. The molecule has 2 N–H and O–H groups in total. The lowest BCUT2D eigenvalue weighted by atomic mass is 10.1. The van der Waals surface area contributed by atoms with Crippen LogP contribution in [0, 0.1) is 13.8 Å². The summed E-state index contributed by atoms with van der Waals surface area (Å²) < 4.78 is 5.26. The number of likely N-dealkylation sites (N-methyl/N-ethyl adjacent to an activating group) is 1. The maximum absolute atomic E-state index is 12.8. The number of amides is 2. The second-order valence-electron chi connectivity index (χ2n) is 6.67. The predicted molar refractivity (Wildman–Crippen MR) is 117 cm³/mol. The van der Waals surface area contributed by atoms with Gasteiger partial charge in [0.2, 0.25) is 0 Å². The van der Waals surface area contributed by atoms with Crippen LogP contribution in [0.4, 0.5) is 5.69 Å². The standard InChI is InChI=1S/C22H23N3O3S/c1-4-25-21(27)19(12-16-7-9-17(10-8-16)28-13-20(23)26)29-22(25)24-18-11-14(2)5-6-15(18)3/h5-12H,4,13H2,1-3H3,(H2,23,26)/b19-12+,24-22?. The van der Waals surface area contributed by atoms with E-state index >= 15 is 0 Å². The third-order valence-corrected chi connectivity index (χ3v) is 5.35. The molecule has 1 heterocycles. The van der Waals surface area contributed by atoms with E-state index in [-0.39, 0.29) is 12.5 Å². The minimum atomic E-state index is -0.528. The number of aliphatic imine (C=N–C) groups is 1. The topological polar surface area (TPSA) is 85.0 Å². The van der Waals surface area contributed by atoms with Crippen LogP contribution in [-0.4, -0.2) is 35.0 Å². The molecule has 150 valence electrons. The van der Waals surface area contributed by atoms with Gasteiger partial charge in [-0.05, 0) is 73.5 Å². The van der Waals surface area contributed by atoms with Gasteiger partial charge in [-0.1, -0.05) is 24.3 Å². The fourth-order valence-electron chi connectivity index (χ4n) is 2.78. The largest absolute Gasteiger partial charge is 0.484 e. The summed E-state index contributed by atoms with van der Waals surface area (Å²) in [4.78, 5) is 30.7. The van der Waals surface area contributed by atoms with E-state index in [0.29, 0.717) is 22.4 Å². The molecule has 6 nitrogen and oxygen atoms in total. The number of carbonyl (C=O) groups excluding carboxylic acids is 2. The predicted octanol–water partition coefficient (Wildman–Crippen LogP) is 3.79. The van der Waals surface area contributed by atoms with Gasteiger partial charge in [0.25, 0.3) is 11.8 Å². The highest BCUT2D eigenvalue weighted by atomic mass is 32.2. The molecule has 1 aliphatic heterocycles. The Kier molecular flexibility index (Phi) is 6.39. The average Bonchev–Trinajstić information content (AvgIpc) is 2.98. The number of hydrogen-bond acceptors (Lipinski definition) is 5. The number of amidine groups is 1.